The summed E-state index contributed by atoms with van der Waals surface area (Å²) in [5.41, 5.74) is 3.17. The van der Waals surface area contributed by atoms with Crippen LogP contribution in [0.15, 0.2) is 42.7 Å². The third kappa shape index (κ3) is 3.91. The predicted molar refractivity (Wildman–Crippen MR) is 97.2 cm³/mol. The number of amides is 1. The highest BCUT2D eigenvalue weighted by Crippen LogP contribution is 2.22. The van der Waals surface area contributed by atoms with Crippen LogP contribution in [-0.2, 0) is 6.54 Å². The fraction of sp³-hybridized carbons (Fsp3) is 0.278. The van der Waals surface area contributed by atoms with E-state index in [1.165, 1.54) is 0 Å². The lowest BCUT2D eigenvalue weighted by Gasteiger charge is -2.08. The molecule has 2 aromatic heterocycles. The Labute approximate surface area is 151 Å². The van der Waals surface area contributed by atoms with Crippen LogP contribution in [0.2, 0.25) is 5.02 Å². The summed E-state index contributed by atoms with van der Waals surface area (Å²) in [6.07, 6.45) is 4.48. The van der Waals surface area contributed by atoms with Gasteiger partial charge in [0.25, 0.3) is 5.91 Å². The minimum Gasteiger partial charge on any atom is -0.352 e. The zero-order valence-electron chi connectivity index (χ0n) is 14.2. The number of rotatable bonds is 6. The van der Waals surface area contributed by atoms with Crippen molar-refractivity contribution in [2.24, 2.45) is 0 Å². The minimum atomic E-state index is -0.0848. The van der Waals surface area contributed by atoms with Crippen LogP contribution in [0.5, 0.6) is 0 Å². The number of carbonyl (C=O) groups excluding carboxylic acids is 1. The number of aryl methyl sites for hydroxylation is 2. The normalized spacial score (nSPS) is 10.8. The second kappa shape index (κ2) is 7.53. The molecular formula is C18H20ClN5O. The molecule has 0 aliphatic rings. The number of hydrogen-bond acceptors (Lipinski definition) is 3. The molecule has 130 valence electrons. The van der Waals surface area contributed by atoms with E-state index in [0.29, 0.717) is 17.1 Å². The van der Waals surface area contributed by atoms with Crippen molar-refractivity contribution in [3.8, 4) is 5.69 Å². The van der Waals surface area contributed by atoms with Gasteiger partial charge in [0.2, 0.25) is 0 Å². The van der Waals surface area contributed by atoms with Crippen LogP contribution < -0.4 is 5.32 Å². The molecule has 0 saturated heterocycles. The Bertz CT molecular complexity index is 852. The molecule has 0 saturated carbocycles. The van der Waals surface area contributed by atoms with E-state index < -0.39 is 0 Å². The van der Waals surface area contributed by atoms with Crippen molar-refractivity contribution in [3.05, 3.63) is 64.7 Å². The van der Waals surface area contributed by atoms with E-state index >= 15 is 0 Å². The molecule has 1 aromatic carbocycles. The maximum Gasteiger partial charge on any atom is 0.251 e. The van der Waals surface area contributed by atoms with Crippen LogP contribution in [0.3, 0.4) is 0 Å². The van der Waals surface area contributed by atoms with Crippen LogP contribution >= 0.6 is 11.6 Å². The van der Waals surface area contributed by atoms with Gasteiger partial charge in [0, 0.05) is 31.0 Å². The van der Waals surface area contributed by atoms with Crippen molar-refractivity contribution >= 4 is 17.5 Å². The van der Waals surface area contributed by atoms with Crippen LogP contribution in [0.1, 0.15) is 28.2 Å². The number of nitrogens with one attached hydrogen (secondary N) is 1. The summed E-state index contributed by atoms with van der Waals surface area (Å²) >= 11 is 6.18. The topological polar surface area (TPSA) is 64.7 Å². The van der Waals surface area contributed by atoms with Gasteiger partial charge < -0.3 is 5.32 Å². The summed E-state index contributed by atoms with van der Waals surface area (Å²) in [5, 5.41) is 12.1. The van der Waals surface area contributed by atoms with E-state index in [4.69, 9.17) is 11.6 Å². The lowest BCUT2D eigenvalue weighted by molar-refractivity contribution is 0.0952. The average molecular weight is 358 g/mol. The maximum absolute atomic E-state index is 12.2. The first-order chi connectivity index (χ1) is 12.1. The zero-order chi connectivity index (χ0) is 17.8. The van der Waals surface area contributed by atoms with E-state index in [0.717, 1.165) is 30.0 Å². The van der Waals surface area contributed by atoms with Gasteiger partial charge >= 0.3 is 0 Å². The molecule has 0 fully saturated rings. The highest BCUT2D eigenvalue weighted by Gasteiger charge is 2.11. The molecule has 3 aromatic rings. The molecule has 25 heavy (non-hydrogen) atoms. The average Bonchev–Trinajstić information content (AvgIpc) is 3.23. The maximum atomic E-state index is 12.2. The number of nitrogens with zero attached hydrogens (tertiary/aromatic N) is 4. The molecule has 6 nitrogen and oxygen atoms in total. The van der Waals surface area contributed by atoms with Gasteiger partial charge in [-0.3, -0.25) is 9.48 Å². The van der Waals surface area contributed by atoms with Gasteiger partial charge in [-0.25, -0.2) is 4.68 Å². The van der Waals surface area contributed by atoms with Crippen LogP contribution in [0.4, 0.5) is 0 Å². The third-order valence-electron chi connectivity index (χ3n) is 3.99. The molecule has 0 atom stereocenters. The first-order valence-corrected chi connectivity index (χ1v) is 8.52. The smallest absolute Gasteiger partial charge is 0.251 e. The van der Waals surface area contributed by atoms with Gasteiger partial charge in [-0.05, 0) is 50.6 Å². The van der Waals surface area contributed by atoms with Crippen molar-refractivity contribution in [1.82, 2.24) is 24.9 Å². The van der Waals surface area contributed by atoms with Crippen molar-refractivity contribution in [2.75, 3.05) is 6.54 Å². The molecule has 1 N–H and O–H groups in total. The summed E-state index contributed by atoms with van der Waals surface area (Å²) < 4.78 is 3.63. The molecule has 0 spiro atoms. The summed E-state index contributed by atoms with van der Waals surface area (Å²) in [6.45, 7) is 5.18. The predicted octanol–water partition coefficient (Wildman–Crippen LogP) is 3.16. The minimum absolute atomic E-state index is 0.0848. The molecule has 0 bridgehead atoms. The largest absolute Gasteiger partial charge is 0.352 e. The molecule has 1 amide bonds. The molecular weight excluding hydrogens is 338 g/mol. The van der Waals surface area contributed by atoms with E-state index in [1.807, 2.05) is 42.9 Å². The summed E-state index contributed by atoms with van der Waals surface area (Å²) in [4.78, 5) is 12.2. The Balaban J connectivity index is 1.57. The molecule has 0 unspecified atom stereocenters. The SMILES string of the molecule is Cc1nn(-c2ccc(C(=O)NCCCn3cccn3)cc2)c(C)c1Cl. The van der Waals surface area contributed by atoms with Gasteiger partial charge in [-0.1, -0.05) is 11.6 Å². The number of carbonyl (C=O) groups is 1. The third-order valence-corrected chi connectivity index (χ3v) is 4.53. The standard InChI is InChI=1S/C18H20ClN5O/c1-13-17(19)14(2)24(22-13)16-7-5-15(6-8-16)18(25)20-9-3-11-23-12-4-10-21-23/h4-8,10,12H,3,9,11H2,1-2H3,(H,20,25). The van der Waals surface area contributed by atoms with Crippen molar-refractivity contribution in [1.29, 1.82) is 0 Å². The lowest BCUT2D eigenvalue weighted by atomic mass is 10.2. The Kier molecular flexibility index (Phi) is 5.19. The summed E-state index contributed by atoms with van der Waals surface area (Å²) in [6, 6.07) is 9.21. The van der Waals surface area contributed by atoms with Gasteiger partial charge in [-0.15, -0.1) is 0 Å². The number of aromatic nitrogens is 4. The van der Waals surface area contributed by atoms with Gasteiger partial charge in [0.05, 0.1) is 22.1 Å². The number of halogens is 1. The fourth-order valence-electron chi connectivity index (χ4n) is 2.61. The molecule has 3 rings (SSSR count). The molecule has 2 heterocycles. The Hall–Kier alpha value is -2.60. The van der Waals surface area contributed by atoms with E-state index in [9.17, 15) is 4.79 Å². The van der Waals surface area contributed by atoms with E-state index in [2.05, 4.69) is 15.5 Å². The summed E-state index contributed by atoms with van der Waals surface area (Å²) in [7, 11) is 0. The number of hydrogen-bond donors (Lipinski definition) is 1. The quantitative estimate of drug-likeness (QED) is 0.689. The second-order valence-corrected chi connectivity index (χ2v) is 6.20. The van der Waals surface area contributed by atoms with E-state index in [-0.39, 0.29) is 5.91 Å². The van der Waals surface area contributed by atoms with Gasteiger partial charge in [0.1, 0.15) is 0 Å². The summed E-state index contributed by atoms with van der Waals surface area (Å²) in [5.74, 6) is -0.0848. The zero-order valence-corrected chi connectivity index (χ0v) is 15.0. The Morgan fingerprint density at radius 3 is 2.60 bits per heavy atom. The van der Waals surface area contributed by atoms with Crippen molar-refractivity contribution in [3.63, 3.8) is 0 Å². The monoisotopic (exact) mass is 357 g/mol. The lowest BCUT2D eigenvalue weighted by Crippen LogP contribution is -2.25. The Morgan fingerprint density at radius 1 is 1.24 bits per heavy atom. The van der Waals surface area contributed by atoms with Crippen LogP contribution in [0.25, 0.3) is 5.69 Å². The first kappa shape index (κ1) is 17.2. The highest BCUT2D eigenvalue weighted by molar-refractivity contribution is 6.31. The highest BCUT2D eigenvalue weighted by atomic mass is 35.5. The van der Waals surface area contributed by atoms with Crippen molar-refractivity contribution in [2.45, 2.75) is 26.8 Å². The van der Waals surface area contributed by atoms with Crippen LogP contribution in [-0.4, -0.2) is 32.0 Å². The Morgan fingerprint density at radius 2 is 2.00 bits per heavy atom. The number of benzene rings is 1. The fourth-order valence-corrected chi connectivity index (χ4v) is 2.72. The van der Waals surface area contributed by atoms with Gasteiger partial charge in [0.15, 0.2) is 0 Å². The van der Waals surface area contributed by atoms with E-state index in [1.54, 1.807) is 23.0 Å². The molecule has 0 aliphatic carbocycles. The van der Waals surface area contributed by atoms with Crippen LogP contribution in [0, 0.1) is 13.8 Å². The second-order valence-electron chi connectivity index (χ2n) is 5.82. The van der Waals surface area contributed by atoms with Crippen molar-refractivity contribution < 1.29 is 4.79 Å². The molecule has 0 radical (unpaired) electrons. The molecule has 0 aliphatic heterocycles. The van der Waals surface area contributed by atoms with Gasteiger partial charge in [-0.2, -0.15) is 10.2 Å². The molecule has 7 heteroatoms. The first-order valence-electron chi connectivity index (χ1n) is 8.14.